The van der Waals surface area contributed by atoms with Crippen molar-refractivity contribution in [1.82, 2.24) is 5.32 Å². The Morgan fingerprint density at radius 2 is 2.07 bits per heavy atom. The van der Waals surface area contributed by atoms with Crippen LogP contribution in [0.2, 0.25) is 5.02 Å². The zero-order valence-corrected chi connectivity index (χ0v) is 17.1. The minimum absolute atomic E-state index is 0.0448. The summed E-state index contributed by atoms with van der Waals surface area (Å²) < 4.78 is 11.0. The number of carbonyl (C=O) groups excluding carboxylic acids is 1. The number of carbonyl (C=O) groups is 1. The number of amides is 1. The van der Waals surface area contributed by atoms with Crippen LogP contribution in [0.5, 0.6) is 11.5 Å². The van der Waals surface area contributed by atoms with Gasteiger partial charge in [-0.05, 0) is 56.4 Å². The fraction of sp³-hybridized carbons (Fsp3) is 0.524. The molecule has 0 radical (unpaired) electrons. The second-order valence-electron chi connectivity index (χ2n) is 7.21. The van der Waals surface area contributed by atoms with Gasteiger partial charge in [-0.15, -0.1) is 0 Å². The molecule has 6 heteroatoms. The highest BCUT2D eigenvalue weighted by molar-refractivity contribution is 6.32. The van der Waals surface area contributed by atoms with Gasteiger partial charge in [0, 0.05) is 6.04 Å². The summed E-state index contributed by atoms with van der Waals surface area (Å²) in [5.41, 5.74) is 0.653. The molecule has 0 bridgehead atoms. The van der Waals surface area contributed by atoms with Crippen LogP contribution in [0.1, 0.15) is 52.0 Å². The smallest absolute Gasteiger partial charge is 0.262 e. The van der Waals surface area contributed by atoms with Crippen molar-refractivity contribution in [2.75, 3.05) is 7.11 Å². The van der Waals surface area contributed by atoms with E-state index in [1.807, 2.05) is 19.9 Å². The largest absolute Gasteiger partial charge is 0.493 e. The van der Waals surface area contributed by atoms with Crippen LogP contribution in [0.4, 0.5) is 0 Å². The van der Waals surface area contributed by atoms with Crippen LogP contribution in [0, 0.1) is 17.2 Å². The second-order valence-corrected chi connectivity index (χ2v) is 7.62. The Kier molecular flexibility index (Phi) is 7.55. The molecule has 1 amide bonds. The minimum atomic E-state index is -0.353. The van der Waals surface area contributed by atoms with E-state index in [1.165, 1.54) is 19.6 Å². The number of halogens is 1. The average Bonchev–Trinajstić information content (AvgIpc) is 2.63. The third-order valence-electron chi connectivity index (χ3n) is 4.71. The van der Waals surface area contributed by atoms with Crippen molar-refractivity contribution in [3.05, 3.63) is 28.3 Å². The van der Waals surface area contributed by atoms with Crippen LogP contribution < -0.4 is 14.8 Å². The maximum Gasteiger partial charge on any atom is 0.262 e. The van der Waals surface area contributed by atoms with Crippen LogP contribution in [0.25, 0.3) is 6.08 Å². The Hall–Kier alpha value is -2.19. The van der Waals surface area contributed by atoms with Crippen molar-refractivity contribution >= 4 is 23.6 Å². The zero-order chi connectivity index (χ0) is 20.0. The second kappa shape index (κ2) is 9.66. The average molecular weight is 391 g/mol. The van der Waals surface area contributed by atoms with E-state index in [0.29, 0.717) is 28.0 Å². The molecule has 0 saturated heterocycles. The molecule has 1 saturated carbocycles. The van der Waals surface area contributed by atoms with E-state index in [4.69, 9.17) is 21.1 Å². The van der Waals surface area contributed by atoms with Gasteiger partial charge < -0.3 is 14.8 Å². The maximum atomic E-state index is 12.6. The van der Waals surface area contributed by atoms with Crippen molar-refractivity contribution in [2.45, 2.75) is 58.6 Å². The van der Waals surface area contributed by atoms with E-state index >= 15 is 0 Å². The third-order valence-corrected chi connectivity index (χ3v) is 4.99. The molecule has 1 N–H and O–H groups in total. The lowest BCUT2D eigenvalue weighted by Crippen LogP contribution is -2.41. The number of nitriles is 1. The van der Waals surface area contributed by atoms with Gasteiger partial charge in [-0.25, -0.2) is 0 Å². The molecule has 5 nitrogen and oxygen atoms in total. The van der Waals surface area contributed by atoms with Gasteiger partial charge in [-0.2, -0.15) is 5.26 Å². The summed E-state index contributed by atoms with van der Waals surface area (Å²) in [6.07, 6.45) is 5.81. The van der Waals surface area contributed by atoms with E-state index in [1.54, 1.807) is 12.1 Å². The van der Waals surface area contributed by atoms with Gasteiger partial charge in [-0.1, -0.05) is 31.4 Å². The molecule has 1 fully saturated rings. The molecule has 1 aliphatic rings. The molecule has 0 spiro atoms. The van der Waals surface area contributed by atoms with Gasteiger partial charge in [0.05, 0.1) is 18.2 Å². The standard InChI is InChI=1S/C21H27ClN2O3/c1-13(2)27-20-17(22)10-15(11-19(20)26-4)9-16(12-23)21(25)24-18-8-6-5-7-14(18)3/h9-11,13-14,18H,5-8H2,1-4H3,(H,24,25)/b16-9+/t14-,18-/m0/s1. The van der Waals surface area contributed by atoms with Crippen LogP contribution in [-0.2, 0) is 4.79 Å². The molecule has 27 heavy (non-hydrogen) atoms. The quantitative estimate of drug-likeness (QED) is 0.562. The van der Waals surface area contributed by atoms with Gasteiger partial charge in [0.25, 0.3) is 5.91 Å². The molecular weight excluding hydrogens is 364 g/mol. The fourth-order valence-electron chi connectivity index (χ4n) is 3.27. The van der Waals surface area contributed by atoms with Gasteiger partial charge in [0.2, 0.25) is 0 Å². The predicted octanol–water partition coefficient (Wildman–Crippen LogP) is 4.74. The van der Waals surface area contributed by atoms with Crippen LogP contribution >= 0.6 is 11.6 Å². The van der Waals surface area contributed by atoms with Gasteiger partial charge in [0.15, 0.2) is 11.5 Å². The predicted molar refractivity (Wildman–Crippen MR) is 107 cm³/mol. The van der Waals surface area contributed by atoms with E-state index in [-0.39, 0.29) is 23.6 Å². The van der Waals surface area contributed by atoms with E-state index in [9.17, 15) is 10.1 Å². The number of benzene rings is 1. The topological polar surface area (TPSA) is 71.3 Å². The van der Waals surface area contributed by atoms with Crippen LogP contribution in [0.15, 0.2) is 17.7 Å². The Bertz CT molecular complexity index is 753. The molecule has 0 aromatic heterocycles. The van der Waals surface area contributed by atoms with Gasteiger partial charge in [-0.3, -0.25) is 4.79 Å². The third kappa shape index (κ3) is 5.64. The monoisotopic (exact) mass is 390 g/mol. The zero-order valence-electron chi connectivity index (χ0n) is 16.3. The summed E-state index contributed by atoms with van der Waals surface area (Å²) in [6, 6.07) is 5.47. The molecule has 0 heterocycles. The lowest BCUT2D eigenvalue weighted by Gasteiger charge is -2.29. The summed E-state index contributed by atoms with van der Waals surface area (Å²) >= 11 is 6.32. The first-order valence-corrected chi connectivity index (χ1v) is 9.70. The number of nitrogens with zero attached hydrogens (tertiary/aromatic N) is 1. The van der Waals surface area contributed by atoms with E-state index in [2.05, 4.69) is 12.2 Å². The molecule has 1 aromatic carbocycles. The van der Waals surface area contributed by atoms with E-state index in [0.717, 1.165) is 19.3 Å². The van der Waals surface area contributed by atoms with Gasteiger partial charge >= 0.3 is 0 Å². The first-order chi connectivity index (χ1) is 12.8. The minimum Gasteiger partial charge on any atom is -0.493 e. The van der Waals surface area contributed by atoms with Crippen molar-refractivity contribution in [3.8, 4) is 17.6 Å². The molecule has 146 valence electrons. The van der Waals surface area contributed by atoms with Crippen molar-refractivity contribution in [2.24, 2.45) is 5.92 Å². The lowest BCUT2D eigenvalue weighted by atomic mass is 9.86. The summed E-state index contributed by atoms with van der Waals surface area (Å²) in [5.74, 6) is 0.977. The number of nitrogens with one attached hydrogen (secondary N) is 1. The summed E-state index contributed by atoms with van der Waals surface area (Å²) in [6.45, 7) is 5.93. The van der Waals surface area contributed by atoms with Gasteiger partial charge in [0.1, 0.15) is 11.6 Å². The highest BCUT2D eigenvalue weighted by atomic mass is 35.5. The molecule has 0 unspecified atom stereocenters. The Balaban J connectivity index is 2.24. The summed E-state index contributed by atoms with van der Waals surface area (Å²) in [7, 11) is 1.52. The lowest BCUT2D eigenvalue weighted by molar-refractivity contribution is -0.118. The molecule has 2 atom stereocenters. The van der Waals surface area contributed by atoms with Crippen molar-refractivity contribution in [1.29, 1.82) is 5.26 Å². The molecule has 2 rings (SSSR count). The van der Waals surface area contributed by atoms with Crippen molar-refractivity contribution < 1.29 is 14.3 Å². The Morgan fingerprint density at radius 1 is 1.37 bits per heavy atom. The van der Waals surface area contributed by atoms with Crippen molar-refractivity contribution in [3.63, 3.8) is 0 Å². The summed E-state index contributed by atoms with van der Waals surface area (Å²) in [4.78, 5) is 12.6. The summed E-state index contributed by atoms with van der Waals surface area (Å²) in [5, 5.41) is 12.8. The first-order valence-electron chi connectivity index (χ1n) is 9.32. The number of ether oxygens (including phenoxy) is 2. The highest BCUT2D eigenvalue weighted by Crippen LogP contribution is 2.37. The Morgan fingerprint density at radius 3 is 2.67 bits per heavy atom. The Labute approximate surface area is 166 Å². The van der Waals surface area contributed by atoms with Crippen LogP contribution in [-0.4, -0.2) is 25.2 Å². The SMILES string of the molecule is COc1cc(/C=C(\C#N)C(=O)N[C@H]2CCCC[C@@H]2C)cc(Cl)c1OC(C)C. The highest BCUT2D eigenvalue weighted by Gasteiger charge is 2.24. The molecular formula is C21H27ClN2O3. The fourth-order valence-corrected chi connectivity index (χ4v) is 3.53. The number of rotatable bonds is 6. The maximum absolute atomic E-state index is 12.6. The molecule has 1 aliphatic carbocycles. The number of hydrogen-bond acceptors (Lipinski definition) is 4. The molecule has 1 aromatic rings. The first kappa shape index (κ1) is 21.1. The van der Waals surface area contributed by atoms with Crippen LogP contribution in [0.3, 0.4) is 0 Å². The van der Waals surface area contributed by atoms with E-state index < -0.39 is 0 Å². The number of hydrogen-bond donors (Lipinski definition) is 1. The number of methoxy groups -OCH3 is 1. The normalized spacial score (nSPS) is 20.1. The molecule has 0 aliphatic heterocycles.